The Morgan fingerprint density at radius 1 is 1.15 bits per heavy atom. The molecule has 0 aromatic heterocycles. The minimum atomic E-state index is -0.935. The van der Waals surface area contributed by atoms with Gasteiger partial charge in [-0.1, -0.05) is 18.2 Å². The Morgan fingerprint density at radius 2 is 1.81 bits per heavy atom. The number of likely N-dealkylation sites (tertiary alicyclic amines) is 2. The first-order valence-electron chi connectivity index (χ1n) is 9.55. The summed E-state index contributed by atoms with van der Waals surface area (Å²) < 4.78 is 0. The van der Waals surface area contributed by atoms with Crippen LogP contribution in [0.4, 0.5) is 0 Å². The van der Waals surface area contributed by atoms with Crippen LogP contribution >= 0.6 is 0 Å². The van der Waals surface area contributed by atoms with Crippen LogP contribution in [0.2, 0.25) is 0 Å². The maximum absolute atomic E-state index is 12.7. The number of hydrogen-bond donors (Lipinski definition) is 1. The highest BCUT2D eigenvalue weighted by Crippen LogP contribution is 2.43. The first-order chi connectivity index (χ1) is 12.7. The van der Waals surface area contributed by atoms with Crippen molar-refractivity contribution in [3.8, 4) is 0 Å². The third kappa shape index (κ3) is 3.99. The number of aryl methyl sites for hydroxylation is 2. The normalized spacial score (nSPS) is 21.5. The molecule has 2 aliphatic rings. The van der Waals surface area contributed by atoms with Crippen molar-refractivity contribution >= 4 is 17.8 Å². The number of amides is 2. The van der Waals surface area contributed by atoms with E-state index in [0.29, 0.717) is 32.5 Å². The van der Waals surface area contributed by atoms with Gasteiger partial charge in [0.05, 0.1) is 6.42 Å². The molecule has 146 valence electrons. The van der Waals surface area contributed by atoms with Crippen LogP contribution in [0.5, 0.6) is 0 Å². The van der Waals surface area contributed by atoms with Crippen molar-refractivity contribution in [2.24, 2.45) is 5.41 Å². The molecule has 27 heavy (non-hydrogen) atoms. The average Bonchev–Trinajstić information content (AvgIpc) is 2.99. The van der Waals surface area contributed by atoms with Crippen molar-refractivity contribution < 1.29 is 19.5 Å². The van der Waals surface area contributed by atoms with Gasteiger partial charge in [-0.3, -0.25) is 9.59 Å². The summed E-state index contributed by atoms with van der Waals surface area (Å²) in [6.07, 6.45) is 2.38. The van der Waals surface area contributed by atoms with E-state index in [1.807, 2.05) is 24.0 Å². The van der Waals surface area contributed by atoms with Gasteiger partial charge in [-0.2, -0.15) is 0 Å². The van der Waals surface area contributed by atoms with Gasteiger partial charge in [0.25, 0.3) is 0 Å². The fourth-order valence-electron chi connectivity index (χ4n) is 4.40. The smallest absolute Gasteiger partial charge is 0.326 e. The van der Waals surface area contributed by atoms with Gasteiger partial charge >= 0.3 is 5.97 Å². The summed E-state index contributed by atoms with van der Waals surface area (Å²) in [6.45, 7) is 7.27. The zero-order valence-electron chi connectivity index (χ0n) is 16.3. The molecule has 0 saturated carbocycles. The number of carbonyl (C=O) groups excluding carboxylic acids is 2. The number of carboxylic acid groups (broad SMARTS) is 1. The second-order valence-corrected chi connectivity index (χ2v) is 8.18. The molecule has 0 unspecified atom stereocenters. The van der Waals surface area contributed by atoms with E-state index in [0.717, 1.165) is 18.4 Å². The molecule has 0 aliphatic carbocycles. The summed E-state index contributed by atoms with van der Waals surface area (Å²) in [4.78, 5) is 39.4. The Kier molecular flexibility index (Phi) is 5.27. The van der Waals surface area contributed by atoms with Crippen LogP contribution in [0.15, 0.2) is 18.2 Å². The van der Waals surface area contributed by atoms with E-state index in [1.165, 1.54) is 23.0 Å². The number of aliphatic carboxylic acids is 1. The summed E-state index contributed by atoms with van der Waals surface area (Å²) in [5.41, 5.74) is 3.26. The molecule has 2 aliphatic heterocycles. The van der Waals surface area contributed by atoms with Gasteiger partial charge in [-0.25, -0.2) is 4.79 Å². The molecule has 6 heteroatoms. The van der Waals surface area contributed by atoms with E-state index >= 15 is 0 Å². The third-order valence-corrected chi connectivity index (χ3v) is 6.30. The fraction of sp³-hybridized carbons (Fsp3) is 0.571. The van der Waals surface area contributed by atoms with Gasteiger partial charge < -0.3 is 14.9 Å². The molecule has 1 aromatic rings. The molecular weight excluding hydrogens is 344 g/mol. The van der Waals surface area contributed by atoms with Crippen LogP contribution < -0.4 is 0 Å². The largest absolute Gasteiger partial charge is 0.480 e. The van der Waals surface area contributed by atoms with E-state index in [1.54, 1.807) is 0 Å². The second kappa shape index (κ2) is 7.33. The molecule has 1 spiro atoms. The average molecular weight is 372 g/mol. The highest BCUT2D eigenvalue weighted by Gasteiger charge is 2.49. The molecule has 3 rings (SSSR count). The maximum Gasteiger partial charge on any atom is 0.326 e. The lowest BCUT2D eigenvalue weighted by molar-refractivity contribution is -0.147. The van der Waals surface area contributed by atoms with Gasteiger partial charge in [0.1, 0.15) is 6.04 Å². The molecule has 2 saturated heterocycles. The number of carboxylic acids is 1. The standard InChI is InChI=1S/C21H28N2O4/c1-14-4-5-17(10-15(14)2)11-19(25)22-8-6-21(7-9-22)12-18(20(26)27)23(13-21)16(3)24/h4-5,10,18H,6-9,11-13H2,1-3H3,(H,26,27)/t18-/m1/s1. The van der Waals surface area contributed by atoms with Crippen LogP contribution in [-0.2, 0) is 20.8 Å². The van der Waals surface area contributed by atoms with E-state index in [2.05, 4.69) is 13.0 Å². The highest BCUT2D eigenvalue weighted by molar-refractivity contribution is 5.83. The van der Waals surface area contributed by atoms with Gasteiger partial charge in [0.2, 0.25) is 11.8 Å². The van der Waals surface area contributed by atoms with Crippen LogP contribution in [0, 0.1) is 19.3 Å². The Morgan fingerprint density at radius 3 is 2.33 bits per heavy atom. The second-order valence-electron chi connectivity index (χ2n) is 8.18. The minimum Gasteiger partial charge on any atom is -0.480 e. The van der Waals surface area contributed by atoms with Gasteiger partial charge in [-0.05, 0) is 55.2 Å². The maximum atomic E-state index is 12.7. The molecule has 2 heterocycles. The summed E-state index contributed by atoms with van der Waals surface area (Å²) in [6, 6.07) is 5.38. The quantitative estimate of drug-likeness (QED) is 0.882. The topological polar surface area (TPSA) is 77.9 Å². The monoisotopic (exact) mass is 372 g/mol. The van der Waals surface area contributed by atoms with Crippen molar-refractivity contribution in [2.45, 2.75) is 52.5 Å². The van der Waals surface area contributed by atoms with E-state index in [4.69, 9.17) is 0 Å². The number of piperidine rings is 1. The van der Waals surface area contributed by atoms with Crippen molar-refractivity contribution in [1.82, 2.24) is 9.80 Å². The number of hydrogen-bond acceptors (Lipinski definition) is 3. The van der Waals surface area contributed by atoms with Crippen LogP contribution in [0.25, 0.3) is 0 Å². The van der Waals surface area contributed by atoms with Crippen molar-refractivity contribution in [3.05, 3.63) is 34.9 Å². The molecule has 6 nitrogen and oxygen atoms in total. The molecule has 2 fully saturated rings. The van der Waals surface area contributed by atoms with E-state index in [9.17, 15) is 19.5 Å². The molecule has 1 N–H and O–H groups in total. The van der Waals surface area contributed by atoms with Crippen LogP contribution in [0.1, 0.15) is 42.9 Å². The van der Waals surface area contributed by atoms with E-state index in [-0.39, 0.29) is 17.2 Å². The predicted molar refractivity (Wildman–Crippen MR) is 101 cm³/mol. The summed E-state index contributed by atoms with van der Waals surface area (Å²) in [5.74, 6) is -1.01. The van der Waals surface area contributed by atoms with Crippen molar-refractivity contribution in [1.29, 1.82) is 0 Å². The zero-order chi connectivity index (χ0) is 19.8. The summed E-state index contributed by atoms with van der Waals surface area (Å²) in [7, 11) is 0. The van der Waals surface area contributed by atoms with Gasteiger partial charge in [0, 0.05) is 26.6 Å². The Bertz CT molecular complexity index is 741. The zero-order valence-corrected chi connectivity index (χ0v) is 16.3. The first-order valence-corrected chi connectivity index (χ1v) is 9.55. The van der Waals surface area contributed by atoms with Gasteiger partial charge in [0.15, 0.2) is 0 Å². The van der Waals surface area contributed by atoms with Crippen molar-refractivity contribution in [2.75, 3.05) is 19.6 Å². The van der Waals surface area contributed by atoms with Crippen LogP contribution in [0.3, 0.4) is 0 Å². The van der Waals surface area contributed by atoms with Crippen LogP contribution in [-0.4, -0.2) is 58.4 Å². The lowest BCUT2D eigenvalue weighted by Crippen LogP contribution is -2.45. The molecule has 1 aromatic carbocycles. The highest BCUT2D eigenvalue weighted by atomic mass is 16.4. The fourth-order valence-corrected chi connectivity index (χ4v) is 4.40. The summed E-state index contributed by atoms with van der Waals surface area (Å²) in [5, 5.41) is 9.43. The number of nitrogens with zero attached hydrogens (tertiary/aromatic N) is 2. The Balaban J connectivity index is 1.61. The Hall–Kier alpha value is -2.37. The predicted octanol–water partition coefficient (Wildman–Crippen LogP) is 2.16. The lowest BCUT2D eigenvalue weighted by Gasteiger charge is -2.39. The minimum absolute atomic E-state index is 0.115. The molecule has 1 atom stereocenters. The SMILES string of the molecule is CC(=O)N1CC2(CCN(C(=O)Cc3ccc(C)c(C)c3)CC2)C[C@@H]1C(=O)O. The lowest BCUT2D eigenvalue weighted by atomic mass is 9.76. The molecule has 2 amide bonds. The number of benzene rings is 1. The molecular formula is C21H28N2O4. The van der Waals surface area contributed by atoms with Crippen molar-refractivity contribution in [3.63, 3.8) is 0 Å². The molecule has 0 bridgehead atoms. The number of rotatable bonds is 3. The summed E-state index contributed by atoms with van der Waals surface area (Å²) >= 11 is 0. The van der Waals surface area contributed by atoms with Gasteiger partial charge in [-0.15, -0.1) is 0 Å². The third-order valence-electron chi connectivity index (χ3n) is 6.30. The first kappa shape index (κ1) is 19.4. The molecule has 0 radical (unpaired) electrons. The number of carbonyl (C=O) groups is 3. The Labute approximate surface area is 160 Å². The van der Waals surface area contributed by atoms with E-state index < -0.39 is 12.0 Å².